The molecule has 2 aromatic rings. The first kappa shape index (κ1) is 18.6. The second-order valence-electron chi connectivity index (χ2n) is 8.49. The number of rotatable bonds is 4. The van der Waals surface area contributed by atoms with E-state index in [1.807, 2.05) is 17.2 Å². The highest BCUT2D eigenvalue weighted by Gasteiger charge is 2.25. The maximum absolute atomic E-state index is 12.8. The molecule has 0 aliphatic carbocycles. The van der Waals surface area contributed by atoms with E-state index in [-0.39, 0.29) is 12.0 Å². The van der Waals surface area contributed by atoms with Crippen molar-refractivity contribution in [2.75, 3.05) is 13.1 Å². The average Bonchev–Trinajstić information content (AvgIpc) is 3.39. The molecule has 0 saturated carbocycles. The quantitative estimate of drug-likeness (QED) is 0.867. The molecule has 5 rings (SSSR count). The van der Waals surface area contributed by atoms with Gasteiger partial charge < -0.3 is 15.0 Å². The summed E-state index contributed by atoms with van der Waals surface area (Å²) in [6.07, 6.45) is 7.56. The Morgan fingerprint density at radius 2 is 2.28 bits per heavy atom. The number of carbonyl (C=O) groups excluding carboxylic acids is 1. The zero-order chi connectivity index (χ0) is 19.8. The predicted octanol–water partition coefficient (Wildman–Crippen LogP) is 2.74. The van der Waals surface area contributed by atoms with E-state index in [1.54, 1.807) is 0 Å². The lowest BCUT2D eigenvalue weighted by Gasteiger charge is -2.28. The average molecular weight is 393 g/mol. The zero-order valence-corrected chi connectivity index (χ0v) is 17.0. The van der Waals surface area contributed by atoms with Crippen molar-refractivity contribution < 1.29 is 9.53 Å². The van der Waals surface area contributed by atoms with Gasteiger partial charge >= 0.3 is 0 Å². The van der Waals surface area contributed by atoms with E-state index in [2.05, 4.69) is 29.4 Å². The minimum absolute atomic E-state index is 0.210. The van der Waals surface area contributed by atoms with Gasteiger partial charge in [0.15, 0.2) is 0 Å². The molecule has 3 aliphatic heterocycles. The van der Waals surface area contributed by atoms with Gasteiger partial charge in [0.05, 0.1) is 11.7 Å². The number of benzene rings is 1. The third kappa shape index (κ3) is 3.86. The van der Waals surface area contributed by atoms with Crippen LogP contribution in [0.1, 0.15) is 60.4 Å². The number of fused-ring (bicyclic) bond motifs is 2. The van der Waals surface area contributed by atoms with E-state index in [9.17, 15) is 4.79 Å². The molecule has 1 aromatic heterocycles. The number of nitrogens with one attached hydrogen (secondary N) is 1. The molecule has 6 nitrogen and oxygen atoms in total. The molecule has 3 aliphatic rings. The lowest BCUT2D eigenvalue weighted by atomic mass is 10.0. The number of ether oxygens (including phenoxy) is 1. The van der Waals surface area contributed by atoms with Crippen LogP contribution in [-0.4, -0.2) is 40.0 Å². The molecule has 1 saturated heterocycles. The smallest absolute Gasteiger partial charge is 0.223 e. The van der Waals surface area contributed by atoms with Gasteiger partial charge in [0.1, 0.15) is 17.7 Å². The molecule has 0 spiro atoms. The Hall–Kier alpha value is -2.47. The van der Waals surface area contributed by atoms with Crippen LogP contribution in [0, 0.1) is 0 Å². The van der Waals surface area contributed by atoms with Crippen LogP contribution in [0.5, 0.6) is 5.75 Å². The Bertz CT molecular complexity index is 923. The Labute approximate surface area is 171 Å². The van der Waals surface area contributed by atoms with Gasteiger partial charge in [-0.25, -0.2) is 9.97 Å². The standard InChI is InChI=1S/C23H28N4O2/c1-15-11-17-12-16(4-6-21(17)29-15)5-7-22(28)27-10-8-19-18(14-27)13-25-23(26-19)20-3-2-9-24-20/h4,6,12-13,15,20,24H,2-3,5,7-11,14H2,1H3/t15-,20-/m1/s1. The number of aryl methyl sites for hydroxylation is 1. The van der Waals surface area contributed by atoms with Crippen LogP contribution >= 0.6 is 0 Å². The summed E-state index contributed by atoms with van der Waals surface area (Å²) in [6.45, 7) is 4.51. The number of aromatic nitrogens is 2. The summed E-state index contributed by atoms with van der Waals surface area (Å²) < 4.78 is 5.77. The van der Waals surface area contributed by atoms with E-state index in [0.29, 0.717) is 19.0 Å². The molecule has 4 heterocycles. The number of hydrogen-bond donors (Lipinski definition) is 1. The molecule has 0 unspecified atom stereocenters. The Balaban J connectivity index is 1.19. The summed E-state index contributed by atoms with van der Waals surface area (Å²) in [4.78, 5) is 24.1. The van der Waals surface area contributed by atoms with Crippen LogP contribution in [0.15, 0.2) is 24.4 Å². The summed E-state index contributed by atoms with van der Waals surface area (Å²) in [7, 11) is 0. The molecule has 29 heavy (non-hydrogen) atoms. The van der Waals surface area contributed by atoms with Crippen LogP contribution in [0.3, 0.4) is 0 Å². The van der Waals surface area contributed by atoms with E-state index in [1.165, 1.54) is 17.5 Å². The molecule has 152 valence electrons. The maximum Gasteiger partial charge on any atom is 0.223 e. The van der Waals surface area contributed by atoms with Gasteiger partial charge in [-0.05, 0) is 49.9 Å². The fourth-order valence-electron chi connectivity index (χ4n) is 4.66. The minimum Gasteiger partial charge on any atom is -0.490 e. The Morgan fingerprint density at radius 1 is 1.34 bits per heavy atom. The van der Waals surface area contributed by atoms with E-state index in [0.717, 1.165) is 61.6 Å². The Morgan fingerprint density at radius 3 is 3.14 bits per heavy atom. The van der Waals surface area contributed by atoms with Gasteiger partial charge in [-0.2, -0.15) is 0 Å². The molecule has 2 atom stereocenters. The maximum atomic E-state index is 12.8. The molecule has 0 radical (unpaired) electrons. The van der Waals surface area contributed by atoms with Crippen LogP contribution in [0.25, 0.3) is 0 Å². The fraction of sp³-hybridized carbons (Fsp3) is 0.522. The van der Waals surface area contributed by atoms with Crippen molar-refractivity contribution in [2.24, 2.45) is 0 Å². The van der Waals surface area contributed by atoms with Gasteiger partial charge in [-0.1, -0.05) is 12.1 Å². The van der Waals surface area contributed by atoms with Gasteiger partial charge in [0.25, 0.3) is 0 Å². The van der Waals surface area contributed by atoms with Gasteiger partial charge in [0.2, 0.25) is 5.91 Å². The fourth-order valence-corrected chi connectivity index (χ4v) is 4.66. The van der Waals surface area contributed by atoms with Crippen molar-refractivity contribution in [3.05, 3.63) is 52.6 Å². The topological polar surface area (TPSA) is 67.4 Å². The highest BCUT2D eigenvalue weighted by atomic mass is 16.5. The summed E-state index contributed by atoms with van der Waals surface area (Å²) in [5, 5.41) is 3.46. The molecule has 1 N–H and O–H groups in total. The van der Waals surface area contributed by atoms with Crippen LogP contribution in [0.2, 0.25) is 0 Å². The first-order valence-electron chi connectivity index (χ1n) is 10.8. The van der Waals surface area contributed by atoms with Crippen LogP contribution < -0.4 is 10.1 Å². The second kappa shape index (κ2) is 7.75. The second-order valence-corrected chi connectivity index (χ2v) is 8.49. The minimum atomic E-state index is 0.210. The summed E-state index contributed by atoms with van der Waals surface area (Å²) >= 11 is 0. The highest BCUT2D eigenvalue weighted by Crippen LogP contribution is 2.30. The van der Waals surface area contributed by atoms with Crippen molar-refractivity contribution in [3.8, 4) is 5.75 Å². The SMILES string of the molecule is C[C@@H]1Cc2cc(CCC(=O)N3CCc4nc([C@H]5CCCN5)ncc4C3)ccc2O1. The molecule has 1 aromatic carbocycles. The largest absolute Gasteiger partial charge is 0.490 e. The van der Waals surface area contributed by atoms with Gasteiger partial charge in [-0.15, -0.1) is 0 Å². The zero-order valence-electron chi connectivity index (χ0n) is 17.0. The summed E-state index contributed by atoms with van der Waals surface area (Å²) in [5.74, 6) is 2.12. The number of hydrogen-bond acceptors (Lipinski definition) is 5. The molecule has 1 fully saturated rings. The first-order chi connectivity index (χ1) is 14.2. The predicted molar refractivity (Wildman–Crippen MR) is 110 cm³/mol. The van der Waals surface area contributed by atoms with Crippen molar-refractivity contribution in [2.45, 2.75) is 64.1 Å². The Kier molecular flexibility index (Phi) is 4.96. The van der Waals surface area contributed by atoms with Crippen molar-refractivity contribution in [3.63, 3.8) is 0 Å². The van der Waals surface area contributed by atoms with E-state index >= 15 is 0 Å². The first-order valence-corrected chi connectivity index (χ1v) is 10.8. The van der Waals surface area contributed by atoms with E-state index in [4.69, 9.17) is 9.72 Å². The number of carbonyl (C=O) groups is 1. The summed E-state index contributed by atoms with van der Waals surface area (Å²) in [5.41, 5.74) is 4.68. The number of amides is 1. The molecule has 0 bridgehead atoms. The lowest BCUT2D eigenvalue weighted by molar-refractivity contribution is -0.132. The highest BCUT2D eigenvalue weighted by molar-refractivity contribution is 5.76. The number of nitrogens with zero attached hydrogens (tertiary/aromatic N) is 3. The van der Waals surface area contributed by atoms with Gasteiger partial charge in [0, 0.05) is 44.1 Å². The molecular weight excluding hydrogens is 364 g/mol. The molecular formula is C23H28N4O2. The van der Waals surface area contributed by atoms with Crippen LogP contribution in [-0.2, 0) is 30.6 Å². The van der Waals surface area contributed by atoms with Crippen molar-refractivity contribution >= 4 is 5.91 Å². The van der Waals surface area contributed by atoms with Crippen LogP contribution in [0.4, 0.5) is 0 Å². The van der Waals surface area contributed by atoms with E-state index < -0.39 is 0 Å². The normalized spacial score (nSPS) is 22.9. The monoisotopic (exact) mass is 392 g/mol. The van der Waals surface area contributed by atoms with Crippen molar-refractivity contribution in [1.29, 1.82) is 0 Å². The molecule has 6 heteroatoms. The third-order valence-corrected chi connectivity index (χ3v) is 6.27. The third-order valence-electron chi connectivity index (χ3n) is 6.27. The van der Waals surface area contributed by atoms with Crippen molar-refractivity contribution in [1.82, 2.24) is 20.2 Å². The molecule has 1 amide bonds. The summed E-state index contributed by atoms with van der Waals surface area (Å²) in [6, 6.07) is 6.62. The lowest BCUT2D eigenvalue weighted by Crippen LogP contribution is -2.37. The van der Waals surface area contributed by atoms with Gasteiger partial charge in [-0.3, -0.25) is 4.79 Å².